The summed E-state index contributed by atoms with van der Waals surface area (Å²) < 4.78 is 5.72. The summed E-state index contributed by atoms with van der Waals surface area (Å²) in [4.78, 5) is 4.55. The second-order valence-corrected chi connectivity index (χ2v) is 4.58. The molecule has 0 aliphatic carbocycles. The Morgan fingerprint density at radius 3 is 2.80 bits per heavy atom. The Bertz CT molecular complexity index is 718. The first kappa shape index (κ1) is 12.7. The number of rotatable bonds is 4. The van der Waals surface area contributed by atoms with Gasteiger partial charge in [-0.15, -0.1) is 10.2 Å². The van der Waals surface area contributed by atoms with Gasteiger partial charge in [-0.05, 0) is 25.6 Å². The average molecular weight is 268 g/mol. The highest BCUT2D eigenvalue weighted by Crippen LogP contribution is 2.22. The zero-order chi connectivity index (χ0) is 13.9. The molecular formula is C15H16N4O. The van der Waals surface area contributed by atoms with Crippen LogP contribution in [0.15, 0.2) is 40.8 Å². The minimum absolute atomic E-state index is 0.0803. The number of fused-ring (bicyclic) bond motifs is 1. The topological polar surface area (TPSA) is 63.8 Å². The highest BCUT2D eigenvalue weighted by molar-refractivity contribution is 5.80. The first-order chi connectivity index (χ1) is 9.81. The molecule has 1 N–H and O–H groups in total. The Hall–Kier alpha value is -2.27. The third-order valence-electron chi connectivity index (χ3n) is 3.31. The Labute approximate surface area is 117 Å². The van der Waals surface area contributed by atoms with Gasteiger partial charge in [0.25, 0.3) is 5.89 Å². The molecule has 0 aliphatic rings. The van der Waals surface area contributed by atoms with E-state index in [2.05, 4.69) is 27.4 Å². The molecule has 0 amide bonds. The van der Waals surface area contributed by atoms with E-state index in [0.29, 0.717) is 17.5 Å². The molecule has 0 spiro atoms. The van der Waals surface area contributed by atoms with E-state index in [4.69, 9.17) is 4.42 Å². The summed E-state index contributed by atoms with van der Waals surface area (Å²) in [5.74, 6) is 1.06. The van der Waals surface area contributed by atoms with Crippen LogP contribution in [-0.4, -0.2) is 22.2 Å². The summed E-state index contributed by atoms with van der Waals surface area (Å²) in [6.07, 6.45) is 0.892. The van der Waals surface area contributed by atoms with Crippen molar-refractivity contribution in [3.05, 3.63) is 42.3 Å². The van der Waals surface area contributed by atoms with Crippen LogP contribution in [0.1, 0.15) is 25.3 Å². The predicted molar refractivity (Wildman–Crippen MR) is 77.1 cm³/mol. The van der Waals surface area contributed by atoms with Gasteiger partial charge in [0, 0.05) is 5.39 Å². The van der Waals surface area contributed by atoms with Gasteiger partial charge < -0.3 is 9.73 Å². The summed E-state index contributed by atoms with van der Waals surface area (Å²) in [7, 11) is 1.88. The van der Waals surface area contributed by atoms with Crippen molar-refractivity contribution in [1.29, 1.82) is 0 Å². The Morgan fingerprint density at radius 2 is 2.00 bits per heavy atom. The fourth-order valence-electron chi connectivity index (χ4n) is 2.17. The van der Waals surface area contributed by atoms with E-state index in [-0.39, 0.29) is 6.04 Å². The van der Waals surface area contributed by atoms with E-state index in [1.807, 2.05) is 43.4 Å². The molecule has 5 heteroatoms. The van der Waals surface area contributed by atoms with Crippen molar-refractivity contribution in [3.8, 4) is 11.6 Å². The monoisotopic (exact) mass is 268 g/mol. The number of benzene rings is 1. The third-order valence-corrected chi connectivity index (χ3v) is 3.31. The van der Waals surface area contributed by atoms with Crippen molar-refractivity contribution in [2.24, 2.45) is 0 Å². The lowest BCUT2D eigenvalue weighted by atomic mass is 10.2. The maximum atomic E-state index is 5.72. The zero-order valence-electron chi connectivity index (χ0n) is 11.5. The summed E-state index contributed by atoms with van der Waals surface area (Å²) in [6, 6.07) is 11.9. The van der Waals surface area contributed by atoms with Crippen molar-refractivity contribution in [3.63, 3.8) is 0 Å². The molecule has 20 heavy (non-hydrogen) atoms. The Balaban J connectivity index is 1.98. The molecule has 5 nitrogen and oxygen atoms in total. The van der Waals surface area contributed by atoms with Gasteiger partial charge in [0.15, 0.2) is 0 Å². The second kappa shape index (κ2) is 5.38. The molecule has 2 heterocycles. The first-order valence-electron chi connectivity index (χ1n) is 6.68. The lowest BCUT2D eigenvalue weighted by Crippen LogP contribution is -2.15. The van der Waals surface area contributed by atoms with E-state index in [1.165, 1.54) is 0 Å². The van der Waals surface area contributed by atoms with Crippen LogP contribution in [0.2, 0.25) is 0 Å². The highest BCUT2D eigenvalue weighted by Gasteiger charge is 2.16. The molecule has 0 bridgehead atoms. The van der Waals surface area contributed by atoms with Crippen molar-refractivity contribution >= 4 is 10.9 Å². The van der Waals surface area contributed by atoms with Crippen LogP contribution >= 0.6 is 0 Å². The number of nitrogens with one attached hydrogen (secondary N) is 1. The molecule has 0 radical (unpaired) electrons. The predicted octanol–water partition coefficient (Wildman–Crippen LogP) is 2.96. The van der Waals surface area contributed by atoms with Gasteiger partial charge in [0.1, 0.15) is 5.69 Å². The molecule has 0 fully saturated rings. The summed E-state index contributed by atoms with van der Waals surface area (Å²) in [6.45, 7) is 2.07. The standard InChI is InChI=1S/C15H16N4O/c1-3-11(16-2)14-18-19-15(20-14)13-9-8-10-6-4-5-7-12(10)17-13/h4-9,11,16H,3H2,1-2H3. The van der Waals surface area contributed by atoms with Gasteiger partial charge >= 0.3 is 0 Å². The van der Waals surface area contributed by atoms with Crippen LogP contribution in [0.3, 0.4) is 0 Å². The van der Waals surface area contributed by atoms with Crippen LogP contribution in [-0.2, 0) is 0 Å². The number of hydrogen-bond acceptors (Lipinski definition) is 5. The highest BCUT2D eigenvalue weighted by atomic mass is 16.4. The van der Waals surface area contributed by atoms with Gasteiger partial charge in [-0.1, -0.05) is 31.2 Å². The van der Waals surface area contributed by atoms with E-state index in [9.17, 15) is 0 Å². The van der Waals surface area contributed by atoms with Gasteiger partial charge in [0.05, 0.1) is 11.6 Å². The molecule has 2 aromatic heterocycles. The Morgan fingerprint density at radius 1 is 1.15 bits per heavy atom. The minimum atomic E-state index is 0.0803. The van der Waals surface area contributed by atoms with Gasteiger partial charge in [-0.2, -0.15) is 0 Å². The molecule has 102 valence electrons. The molecule has 0 saturated carbocycles. The third kappa shape index (κ3) is 2.28. The van der Waals surface area contributed by atoms with Crippen molar-refractivity contribution in [2.75, 3.05) is 7.05 Å². The van der Waals surface area contributed by atoms with E-state index >= 15 is 0 Å². The van der Waals surface area contributed by atoms with Crippen molar-refractivity contribution < 1.29 is 4.42 Å². The number of para-hydroxylation sites is 1. The summed E-state index contributed by atoms with van der Waals surface area (Å²) in [5, 5.41) is 12.4. The fraction of sp³-hybridized carbons (Fsp3) is 0.267. The Kier molecular flexibility index (Phi) is 3.43. The number of aromatic nitrogens is 3. The molecule has 3 rings (SSSR count). The second-order valence-electron chi connectivity index (χ2n) is 4.58. The molecule has 3 aromatic rings. The SMILES string of the molecule is CCC(NC)c1nnc(-c2ccc3ccccc3n2)o1. The van der Waals surface area contributed by atoms with E-state index in [1.54, 1.807) is 0 Å². The smallest absolute Gasteiger partial charge is 0.266 e. The number of nitrogens with zero attached hydrogens (tertiary/aromatic N) is 3. The van der Waals surface area contributed by atoms with E-state index < -0.39 is 0 Å². The zero-order valence-corrected chi connectivity index (χ0v) is 11.5. The average Bonchev–Trinajstić information content (AvgIpc) is 2.98. The molecule has 0 saturated heterocycles. The van der Waals surface area contributed by atoms with Crippen LogP contribution in [0.4, 0.5) is 0 Å². The van der Waals surface area contributed by atoms with Crippen molar-refractivity contribution in [2.45, 2.75) is 19.4 Å². The molecule has 0 aliphatic heterocycles. The van der Waals surface area contributed by atoms with Crippen LogP contribution < -0.4 is 5.32 Å². The fourth-order valence-corrected chi connectivity index (χ4v) is 2.17. The largest absolute Gasteiger partial charge is 0.418 e. The van der Waals surface area contributed by atoms with Crippen LogP contribution in [0, 0.1) is 0 Å². The number of hydrogen-bond donors (Lipinski definition) is 1. The first-order valence-corrected chi connectivity index (χ1v) is 6.68. The normalized spacial score (nSPS) is 12.7. The van der Waals surface area contributed by atoms with Gasteiger partial charge in [-0.25, -0.2) is 4.98 Å². The van der Waals surface area contributed by atoms with Crippen molar-refractivity contribution in [1.82, 2.24) is 20.5 Å². The molecule has 1 aromatic carbocycles. The summed E-state index contributed by atoms with van der Waals surface area (Å²) >= 11 is 0. The van der Waals surface area contributed by atoms with Crippen LogP contribution in [0.5, 0.6) is 0 Å². The van der Waals surface area contributed by atoms with Gasteiger partial charge in [0.2, 0.25) is 5.89 Å². The lowest BCUT2D eigenvalue weighted by molar-refractivity contribution is 0.414. The quantitative estimate of drug-likeness (QED) is 0.788. The van der Waals surface area contributed by atoms with Crippen LogP contribution in [0.25, 0.3) is 22.5 Å². The maximum absolute atomic E-state index is 5.72. The molecule has 1 unspecified atom stereocenters. The lowest BCUT2D eigenvalue weighted by Gasteiger charge is -2.07. The minimum Gasteiger partial charge on any atom is -0.418 e. The molecule has 1 atom stereocenters. The van der Waals surface area contributed by atoms with E-state index in [0.717, 1.165) is 17.3 Å². The molecular weight excluding hydrogens is 252 g/mol. The number of pyridine rings is 1. The maximum Gasteiger partial charge on any atom is 0.266 e. The van der Waals surface area contributed by atoms with Gasteiger partial charge in [-0.3, -0.25) is 0 Å². The summed E-state index contributed by atoms with van der Waals surface area (Å²) in [5.41, 5.74) is 1.62.